The molecule has 0 radical (unpaired) electrons. The topological polar surface area (TPSA) is 45.0 Å². The fourth-order valence-corrected chi connectivity index (χ4v) is 1.44. The maximum absolute atomic E-state index is 8.93. The summed E-state index contributed by atoms with van der Waals surface area (Å²) in [5.74, 6) is 0.914. The highest BCUT2D eigenvalue weighted by Gasteiger charge is 2.15. The van der Waals surface area contributed by atoms with Crippen LogP contribution in [0.15, 0.2) is 18.2 Å². The molecule has 0 amide bonds. The van der Waals surface area contributed by atoms with Gasteiger partial charge in [-0.3, -0.25) is 0 Å². The molecule has 1 rings (SSSR count). The average Bonchev–Trinajstić information content (AvgIpc) is 2.30. The van der Waals surface area contributed by atoms with Crippen molar-refractivity contribution in [3.05, 3.63) is 23.8 Å². The Kier molecular flexibility index (Phi) is 4.39. The summed E-state index contributed by atoms with van der Waals surface area (Å²) < 4.78 is 5.48. The monoisotopic (exact) mass is 232 g/mol. The molecule has 0 fully saturated rings. The number of nitrogens with zero attached hydrogens (tertiary/aromatic N) is 1. The van der Waals surface area contributed by atoms with Crippen LogP contribution in [0.2, 0.25) is 0 Å². The molecule has 0 aromatic heterocycles. The van der Waals surface area contributed by atoms with Crippen molar-refractivity contribution in [2.75, 3.05) is 18.5 Å². The second-order valence-corrected chi connectivity index (χ2v) is 4.76. The fourth-order valence-electron chi connectivity index (χ4n) is 1.44. The maximum Gasteiger partial charge on any atom is 0.122 e. The molecule has 0 heterocycles. The van der Waals surface area contributed by atoms with E-state index in [1.54, 1.807) is 0 Å². The van der Waals surface area contributed by atoms with Crippen molar-refractivity contribution in [2.45, 2.75) is 27.7 Å². The maximum atomic E-state index is 8.93. The second-order valence-electron chi connectivity index (χ2n) is 4.76. The van der Waals surface area contributed by atoms with Crippen molar-refractivity contribution in [1.29, 1.82) is 5.26 Å². The van der Waals surface area contributed by atoms with E-state index in [2.05, 4.69) is 11.4 Å². The third-order valence-electron chi connectivity index (χ3n) is 2.51. The fraction of sp³-hybridized carbons (Fsp3) is 0.500. The third kappa shape index (κ3) is 3.99. The summed E-state index contributed by atoms with van der Waals surface area (Å²) in [7, 11) is 0. The first-order chi connectivity index (χ1) is 7.98. The van der Waals surface area contributed by atoms with Crippen LogP contribution in [0.25, 0.3) is 0 Å². The lowest BCUT2D eigenvalue weighted by molar-refractivity contribution is 0.338. The molecule has 1 N–H and O–H groups in total. The standard InChI is InChI=1S/C14H20N2O/c1-5-17-13-7-6-12(8-11(13)2)16-10-14(3,4)9-15/h6-8,16H,5,10H2,1-4H3. The van der Waals surface area contributed by atoms with E-state index in [0.717, 1.165) is 17.0 Å². The van der Waals surface area contributed by atoms with Gasteiger partial charge in [0.15, 0.2) is 0 Å². The largest absolute Gasteiger partial charge is 0.494 e. The highest BCUT2D eigenvalue weighted by molar-refractivity contribution is 5.51. The van der Waals surface area contributed by atoms with Gasteiger partial charge in [0, 0.05) is 12.2 Å². The van der Waals surface area contributed by atoms with Crippen molar-refractivity contribution < 1.29 is 4.74 Å². The first-order valence-electron chi connectivity index (χ1n) is 5.87. The third-order valence-corrected chi connectivity index (χ3v) is 2.51. The molecule has 0 aliphatic rings. The van der Waals surface area contributed by atoms with Gasteiger partial charge in [-0.2, -0.15) is 5.26 Å². The number of hydrogen-bond donors (Lipinski definition) is 1. The van der Waals surface area contributed by atoms with E-state index in [4.69, 9.17) is 10.00 Å². The van der Waals surface area contributed by atoms with E-state index in [0.29, 0.717) is 13.2 Å². The summed E-state index contributed by atoms with van der Waals surface area (Å²) in [6.45, 7) is 9.14. The molecule has 1 aromatic rings. The Morgan fingerprint density at radius 1 is 1.41 bits per heavy atom. The van der Waals surface area contributed by atoms with Crippen molar-refractivity contribution >= 4 is 5.69 Å². The number of nitrogens with one attached hydrogen (secondary N) is 1. The predicted octanol–water partition coefficient (Wildman–Crippen LogP) is 3.36. The first kappa shape index (κ1) is 13.4. The minimum Gasteiger partial charge on any atom is -0.494 e. The quantitative estimate of drug-likeness (QED) is 0.846. The van der Waals surface area contributed by atoms with Crippen LogP contribution in [-0.2, 0) is 0 Å². The molecule has 0 unspecified atom stereocenters. The van der Waals surface area contributed by atoms with E-state index >= 15 is 0 Å². The van der Waals surface area contributed by atoms with Gasteiger partial charge in [-0.05, 0) is 51.5 Å². The Bertz CT molecular complexity index is 419. The summed E-state index contributed by atoms with van der Waals surface area (Å²) in [5.41, 5.74) is 1.77. The van der Waals surface area contributed by atoms with Gasteiger partial charge < -0.3 is 10.1 Å². The van der Waals surface area contributed by atoms with E-state index < -0.39 is 0 Å². The Morgan fingerprint density at radius 2 is 2.12 bits per heavy atom. The minimum absolute atomic E-state index is 0.355. The van der Waals surface area contributed by atoms with E-state index in [1.807, 2.05) is 45.9 Å². The Hall–Kier alpha value is -1.69. The highest BCUT2D eigenvalue weighted by Crippen LogP contribution is 2.23. The SMILES string of the molecule is CCOc1ccc(NCC(C)(C)C#N)cc1C. The number of nitriles is 1. The molecule has 0 aliphatic carbocycles. The van der Waals surface area contributed by atoms with Crippen LogP contribution in [0.1, 0.15) is 26.3 Å². The first-order valence-corrected chi connectivity index (χ1v) is 5.87. The molecule has 17 heavy (non-hydrogen) atoms. The molecule has 0 bridgehead atoms. The molecule has 3 nitrogen and oxygen atoms in total. The zero-order valence-corrected chi connectivity index (χ0v) is 11.0. The van der Waals surface area contributed by atoms with Gasteiger partial charge in [0.05, 0.1) is 18.1 Å². The number of ether oxygens (including phenoxy) is 1. The van der Waals surface area contributed by atoms with Crippen LogP contribution < -0.4 is 10.1 Å². The van der Waals surface area contributed by atoms with Crippen LogP contribution in [0.5, 0.6) is 5.75 Å². The molecule has 0 saturated carbocycles. The average molecular weight is 232 g/mol. The zero-order chi connectivity index (χ0) is 12.9. The number of benzene rings is 1. The molecular weight excluding hydrogens is 212 g/mol. The molecule has 0 atom stereocenters. The highest BCUT2D eigenvalue weighted by atomic mass is 16.5. The van der Waals surface area contributed by atoms with Gasteiger partial charge in [0.1, 0.15) is 5.75 Å². The van der Waals surface area contributed by atoms with Gasteiger partial charge in [-0.15, -0.1) is 0 Å². The Labute approximate surface area is 103 Å². The van der Waals surface area contributed by atoms with Crippen molar-refractivity contribution in [3.63, 3.8) is 0 Å². The summed E-state index contributed by atoms with van der Waals surface area (Å²) in [6, 6.07) is 8.25. The second kappa shape index (κ2) is 5.58. The van der Waals surface area contributed by atoms with Gasteiger partial charge in [0.25, 0.3) is 0 Å². The summed E-state index contributed by atoms with van der Waals surface area (Å²) in [4.78, 5) is 0. The zero-order valence-electron chi connectivity index (χ0n) is 11.0. The molecule has 0 spiro atoms. The van der Waals surface area contributed by atoms with Gasteiger partial charge in [-0.1, -0.05) is 0 Å². The van der Waals surface area contributed by atoms with Crippen molar-refractivity contribution in [2.24, 2.45) is 5.41 Å². The van der Waals surface area contributed by atoms with Crippen LogP contribution in [0.3, 0.4) is 0 Å². The molecular formula is C14H20N2O. The van der Waals surface area contributed by atoms with Gasteiger partial charge >= 0.3 is 0 Å². The Balaban J connectivity index is 2.69. The summed E-state index contributed by atoms with van der Waals surface area (Å²) in [5, 5.41) is 12.2. The van der Waals surface area contributed by atoms with Gasteiger partial charge in [0.2, 0.25) is 0 Å². The molecule has 92 valence electrons. The van der Waals surface area contributed by atoms with Crippen LogP contribution in [0, 0.1) is 23.7 Å². The lowest BCUT2D eigenvalue weighted by atomic mass is 9.96. The van der Waals surface area contributed by atoms with Crippen LogP contribution >= 0.6 is 0 Å². The number of anilines is 1. The minimum atomic E-state index is -0.355. The summed E-state index contributed by atoms with van der Waals surface area (Å²) >= 11 is 0. The molecule has 0 saturated heterocycles. The Morgan fingerprint density at radius 3 is 2.65 bits per heavy atom. The van der Waals surface area contributed by atoms with Crippen LogP contribution in [-0.4, -0.2) is 13.2 Å². The van der Waals surface area contributed by atoms with Crippen molar-refractivity contribution in [1.82, 2.24) is 0 Å². The smallest absolute Gasteiger partial charge is 0.122 e. The van der Waals surface area contributed by atoms with E-state index in [-0.39, 0.29) is 5.41 Å². The van der Waals surface area contributed by atoms with Gasteiger partial charge in [-0.25, -0.2) is 0 Å². The number of rotatable bonds is 5. The predicted molar refractivity (Wildman–Crippen MR) is 70.2 cm³/mol. The molecule has 1 aromatic carbocycles. The van der Waals surface area contributed by atoms with E-state index in [1.165, 1.54) is 0 Å². The number of aryl methyl sites for hydroxylation is 1. The lowest BCUT2D eigenvalue weighted by Crippen LogP contribution is -2.20. The van der Waals surface area contributed by atoms with E-state index in [9.17, 15) is 0 Å². The lowest BCUT2D eigenvalue weighted by Gasteiger charge is -2.17. The van der Waals surface area contributed by atoms with Crippen molar-refractivity contribution in [3.8, 4) is 11.8 Å². The molecule has 0 aliphatic heterocycles. The molecule has 3 heteroatoms. The number of hydrogen-bond acceptors (Lipinski definition) is 3. The van der Waals surface area contributed by atoms with Crippen LogP contribution in [0.4, 0.5) is 5.69 Å². The normalized spacial score (nSPS) is 10.8. The summed E-state index contributed by atoms with van der Waals surface area (Å²) in [6.07, 6.45) is 0.